The Labute approximate surface area is 174 Å². The Kier molecular flexibility index (Phi) is 5.68. The van der Waals surface area contributed by atoms with Gasteiger partial charge in [-0.2, -0.15) is 0 Å². The molecule has 4 rings (SSSR count). The number of hydrogen-bond acceptors (Lipinski definition) is 7. The van der Waals surface area contributed by atoms with Gasteiger partial charge in [-0.15, -0.1) is 0 Å². The normalized spacial score (nSPS) is 25.0. The summed E-state index contributed by atoms with van der Waals surface area (Å²) < 4.78 is 44.4. The molecule has 2 aliphatic rings. The predicted octanol–water partition coefficient (Wildman–Crippen LogP) is 2.04. The molecule has 2 heterocycles. The van der Waals surface area contributed by atoms with Crippen molar-refractivity contribution in [3.8, 4) is 5.75 Å². The van der Waals surface area contributed by atoms with Crippen LogP contribution in [0.5, 0.6) is 5.75 Å². The average molecular weight is 433 g/mol. The van der Waals surface area contributed by atoms with Crippen molar-refractivity contribution in [3.63, 3.8) is 0 Å². The van der Waals surface area contributed by atoms with E-state index in [0.717, 1.165) is 5.56 Å². The number of fused-ring (bicyclic) bond motifs is 3. The molecule has 8 nitrogen and oxygen atoms in total. The lowest BCUT2D eigenvalue weighted by atomic mass is 9.84. The summed E-state index contributed by atoms with van der Waals surface area (Å²) in [6.07, 6.45) is -0.838. The van der Waals surface area contributed by atoms with Gasteiger partial charge in [0.25, 0.3) is 10.0 Å². The van der Waals surface area contributed by atoms with Gasteiger partial charge in [0.2, 0.25) is 0 Å². The number of carbonyl (C=O) groups excluding carboxylic acids is 1. The first-order valence-electron chi connectivity index (χ1n) is 9.63. The fourth-order valence-corrected chi connectivity index (χ4v) is 5.11. The van der Waals surface area contributed by atoms with Crippen LogP contribution in [0.2, 0.25) is 0 Å². The van der Waals surface area contributed by atoms with Crippen LogP contribution >= 0.6 is 0 Å². The van der Waals surface area contributed by atoms with Crippen molar-refractivity contribution in [2.24, 2.45) is 0 Å². The Hall–Kier alpha value is -2.62. The van der Waals surface area contributed by atoms with Crippen LogP contribution in [0.1, 0.15) is 24.3 Å². The molecule has 0 spiro atoms. The minimum atomic E-state index is -3.72. The van der Waals surface area contributed by atoms with E-state index < -0.39 is 34.3 Å². The molecular weight excluding hydrogens is 410 g/mol. The maximum atomic E-state index is 12.6. The number of rotatable bonds is 6. The third kappa shape index (κ3) is 4.00. The van der Waals surface area contributed by atoms with Crippen LogP contribution in [0.4, 0.5) is 5.69 Å². The second kappa shape index (κ2) is 8.25. The van der Waals surface area contributed by atoms with Crippen molar-refractivity contribution in [2.45, 2.75) is 42.0 Å². The van der Waals surface area contributed by atoms with E-state index in [2.05, 4.69) is 4.72 Å². The first-order valence-corrected chi connectivity index (χ1v) is 11.1. The van der Waals surface area contributed by atoms with Gasteiger partial charge in [-0.25, -0.2) is 8.42 Å². The van der Waals surface area contributed by atoms with Crippen LogP contribution in [0.3, 0.4) is 0 Å². The Balaban J connectivity index is 1.59. The molecule has 2 aliphatic heterocycles. The molecule has 2 aromatic carbocycles. The first-order chi connectivity index (χ1) is 14.4. The van der Waals surface area contributed by atoms with Crippen molar-refractivity contribution >= 4 is 21.7 Å². The van der Waals surface area contributed by atoms with E-state index in [1.807, 2.05) is 0 Å². The predicted molar refractivity (Wildman–Crippen MR) is 108 cm³/mol. The largest absolute Gasteiger partial charge is 0.487 e. The van der Waals surface area contributed by atoms with Crippen LogP contribution in [0.25, 0.3) is 0 Å². The molecule has 1 saturated heterocycles. The van der Waals surface area contributed by atoms with Crippen LogP contribution in [-0.4, -0.2) is 51.5 Å². The summed E-state index contributed by atoms with van der Waals surface area (Å²) in [5.41, 5.74) is 1.24. The van der Waals surface area contributed by atoms with Gasteiger partial charge in [-0.3, -0.25) is 9.52 Å². The zero-order valence-electron chi connectivity index (χ0n) is 16.4. The topological polar surface area (TPSA) is 111 Å². The molecule has 0 bridgehead atoms. The smallest absolute Gasteiger partial charge is 0.308 e. The molecule has 0 radical (unpaired) electrons. The Morgan fingerprint density at radius 2 is 2.00 bits per heavy atom. The van der Waals surface area contributed by atoms with Gasteiger partial charge in [-0.05, 0) is 36.8 Å². The van der Waals surface area contributed by atoms with Gasteiger partial charge in [0.05, 0.1) is 31.1 Å². The molecule has 0 amide bonds. The summed E-state index contributed by atoms with van der Waals surface area (Å²) >= 11 is 0. The number of carbonyl (C=O) groups is 1. The number of nitrogens with one attached hydrogen (secondary N) is 1. The highest BCUT2D eigenvalue weighted by Crippen LogP contribution is 2.47. The van der Waals surface area contributed by atoms with Gasteiger partial charge in [0.1, 0.15) is 18.0 Å². The zero-order valence-corrected chi connectivity index (χ0v) is 17.2. The van der Waals surface area contributed by atoms with Crippen molar-refractivity contribution < 1.29 is 32.5 Å². The summed E-state index contributed by atoms with van der Waals surface area (Å²) in [5.74, 6) is 0.0915. The lowest BCUT2D eigenvalue weighted by molar-refractivity contribution is -0.156. The quantitative estimate of drug-likeness (QED) is 0.671. The van der Waals surface area contributed by atoms with E-state index in [1.54, 1.807) is 36.4 Å². The highest BCUT2D eigenvalue weighted by molar-refractivity contribution is 7.92. The summed E-state index contributed by atoms with van der Waals surface area (Å²) in [4.78, 5) is 11.9. The second-order valence-corrected chi connectivity index (χ2v) is 9.04. The molecule has 2 N–H and O–H groups in total. The first kappa shape index (κ1) is 20.6. The highest BCUT2D eigenvalue weighted by atomic mass is 32.2. The third-order valence-electron chi connectivity index (χ3n) is 5.43. The number of hydrogen-bond donors (Lipinski definition) is 2. The molecular formula is C21H23NO7S. The van der Waals surface area contributed by atoms with Gasteiger partial charge in [0.15, 0.2) is 0 Å². The van der Waals surface area contributed by atoms with Crippen molar-refractivity contribution in [3.05, 3.63) is 54.1 Å². The van der Waals surface area contributed by atoms with Crippen LogP contribution in [0, 0.1) is 0 Å². The molecule has 0 unspecified atom stereocenters. The number of anilines is 1. The second-order valence-electron chi connectivity index (χ2n) is 7.36. The lowest BCUT2D eigenvalue weighted by Crippen LogP contribution is -2.46. The number of sulfonamides is 1. The molecule has 0 aromatic heterocycles. The maximum absolute atomic E-state index is 12.6. The molecule has 2 aromatic rings. The van der Waals surface area contributed by atoms with Gasteiger partial charge in [-0.1, -0.05) is 18.2 Å². The molecule has 30 heavy (non-hydrogen) atoms. The lowest BCUT2D eigenvalue weighted by Gasteiger charge is -2.36. The number of aliphatic hydroxyl groups is 1. The molecule has 0 saturated carbocycles. The third-order valence-corrected chi connectivity index (χ3v) is 6.82. The minimum Gasteiger partial charge on any atom is -0.487 e. The Morgan fingerprint density at radius 1 is 1.23 bits per heavy atom. The van der Waals surface area contributed by atoms with Crippen LogP contribution in [0.15, 0.2) is 53.4 Å². The Bertz CT molecular complexity index is 1020. The van der Waals surface area contributed by atoms with E-state index >= 15 is 0 Å². The maximum Gasteiger partial charge on any atom is 0.308 e. The average Bonchev–Trinajstić information content (AvgIpc) is 3.11. The van der Waals surface area contributed by atoms with Crippen LogP contribution in [-0.2, 0) is 24.3 Å². The molecule has 160 valence electrons. The standard InChI is InChI=1S/C21H23NO7S/c1-27-20(24)11-14-10-17-16-9-13(22-30(25,26)15-5-3-2-4-6-15)7-8-18(16)29-21(17)19(12-23)28-14/h2-9,14,17,19,21-23H,10-12H2,1H3/t14-,17-,19-,21+/m0/s1. The van der Waals surface area contributed by atoms with Gasteiger partial charge < -0.3 is 19.3 Å². The summed E-state index contributed by atoms with van der Waals surface area (Å²) in [7, 11) is -2.41. The molecule has 0 aliphatic carbocycles. The van der Waals surface area contributed by atoms with E-state index in [-0.39, 0.29) is 23.8 Å². The van der Waals surface area contributed by atoms with E-state index in [0.29, 0.717) is 17.9 Å². The van der Waals surface area contributed by atoms with Gasteiger partial charge >= 0.3 is 5.97 Å². The number of esters is 1. The van der Waals surface area contributed by atoms with Gasteiger partial charge in [0, 0.05) is 17.2 Å². The van der Waals surface area contributed by atoms with Crippen LogP contribution < -0.4 is 9.46 Å². The monoisotopic (exact) mass is 433 g/mol. The fraction of sp³-hybridized carbons (Fsp3) is 0.381. The SMILES string of the molecule is COC(=O)C[C@@H]1C[C@H]2c3cc(NS(=O)(=O)c4ccccc4)ccc3O[C@H]2[C@H](CO)O1. The molecule has 4 atom stereocenters. The zero-order chi connectivity index (χ0) is 21.3. The van der Waals surface area contributed by atoms with E-state index in [4.69, 9.17) is 14.2 Å². The highest BCUT2D eigenvalue weighted by Gasteiger charge is 2.46. The summed E-state index contributed by atoms with van der Waals surface area (Å²) in [5, 5.41) is 9.75. The minimum absolute atomic E-state index is 0.0753. The number of ether oxygens (including phenoxy) is 3. The summed E-state index contributed by atoms with van der Waals surface area (Å²) in [6.45, 7) is -0.250. The Morgan fingerprint density at radius 3 is 2.70 bits per heavy atom. The molecule has 1 fully saturated rings. The number of benzene rings is 2. The number of aliphatic hydroxyl groups excluding tert-OH is 1. The van der Waals surface area contributed by atoms with Crippen molar-refractivity contribution in [1.82, 2.24) is 0 Å². The summed E-state index contributed by atoms with van der Waals surface area (Å²) in [6, 6.07) is 13.2. The van der Waals surface area contributed by atoms with Crippen molar-refractivity contribution in [1.29, 1.82) is 0 Å². The fourth-order valence-electron chi connectivity index (χ4n) is 4.04. The van der Waals surface area contributed by atoms with Crippen molar-refractivity contribution in [2.75, 3.05) is 18.4 Å². The van der Waals surface area contributed by atoms with E-state index in [9.17, 15) is 18.3 Å². The molecule has 9 heteroatoms. The van der Waals surface area contributed by atoms with E-state index in [1.165, 1.54) is 19.2 Å². The number of methoxy groups -OCH3 is 1.